The molecule has 1 heterocycles. The lowest BCUT2D eigenvalue weighted by molar-refractivity contribution is -0.115. The fourth-order valence-corrected chi connectivity index (χ4v) is 2.45. The van der Waals surface area contributed by atoms with Gasteiger partial charge in [0.2, 0.25) is 5.91 Å². The molecule has 1 aromatic heterocycles. The average molecular weight is 291 g/mol. The average Bonchev–Trinajstić information content (AvgIpc) is 2.93. The quantitative estimate of drug-likeness (QED) is 0.766. The molecule has 0 aliphatic carbocycles. The van der Waals surface area contributed by atoms with Gasteiger partial charge in [0.05, 0.1) is 18.0 Å². The molecule has 5 nitrogen and oxygen atoms in total. The monoisotopic (exact) mass is 291 g/mol. The topological polar surface area (TPSA) is 63.2 Å². The summed E-state index contributed by atoms with van der Waals surface area (Å²) >= 11 is 1.46. The number of thiazole rings is 1. The van der Waals surface area contributed by atoms with Gasteiger partial charge in [0, 0.05) is 19.9 Å². The first-order chi connectivity index (χ1) is 9.79. The Balaban J connectivity index is 1.85. The van der Waals surface area contributed by atoms with Crippen LogP contribution < -0.4 is 10.6 Å². The van der Waals surface area contributed by atoms with Gasteiger partial charge in [-0.2, -0.15) is 0 Å². The van der Waals surface area contributed by atoms with Gasteiger partial charge in [0.1, 0.15) is 0 Å². The maximum absolute atomic E-state index is 11.7. The van der Waals surface area contributed by atoms with E-state index in [-0.39, 0.29) is 12.5 Å². The summed E-state index contributed by atoms with van der Waals surface area (Å²) in [5, 5.41) is 6.37. The molecule has 1 amide bonds. The van der Waals surface area contributed by atoms with Crippen LogP contribution in [0.1, 0.15) is 0 Å². The number of nitrogens with one attached hydrogen (secondary N) is 2. The molecule has 0 atom stereocenters. The summed E-state index contributed by atoms with van der Waals surface area (Å²) in [4.78, 5) is 16.9. The molecule has 106 valence electrons. The molecule has 0 unspecified atom stereocenters. The minimum Gasteiger partial charge on any atom is -0.383 e. The van der Waals surface area contributed by atoms with Crippen LogP contribution in [0.4, 0.5) is 5.13 Å². The zero-order valence-electron chi connectivity index (χ0n) is 11.3. The van der Waals surface area contributed by atoms with Crippen molar-refractivity contribution in [2.24, 2.45) is 0 Å². The number of ether oxygens (including phenoxy) is 1. The molecule has 0 spiro atoms. The molecule has 0 saturated heterocycles. The van der Waals surface area contributed by atoms with Gasteiger partial charge < -0.3 is 15.4 Å². The predicted octanol–water partition coefficient (Wildman–Crippen LogP) is 1.98. The van der Waals surface area contributed by atoms with Crippen LogP contribution in [0.25, 0.3) is 10.4 Å². The van der Waals surface area contributed by atoms with E-state index >= 15 is 0 Å². The zero-order valence-corrected chi connectivity index (χ0v) is 12.1. The molecule has 0 fully saturated rings. The van der Waals surface area contributed by atoms with E-state index in [0.717, 1.165) is 10.4 Å². The normalized spacial score (nSPS) is 10.4. The number of hydrogen-bond donors (Lipinski definition) is 2. The number of anilines is 1. The lowest BCUT2D eigenvalue weighted by Gasteiger charge is -2.03. The molecule has 0 bridgehead atoms. The van der Waals surface area contributed by atoms with Gasteiger partial charge in [-0.15, -0.1) is 0 Å². The molecular formula is C14H17N3O2S. The van der Waals surface area contributed by atoms with Crippen molar-refractivity contribution in [2.45, 2.75) is 0 Å². The predicted molar refractivity (Wildman–Crippen MR) is 80.9 cm³/mol. The molecule has 2 rings (SSSR count). The Morgan fingerprint density at radius 1 is 1.35 bits per heavy atom. The second-order valence-electron chi connectivity index (χ2n) is 4.11. The third-order valence-corrected chi connectivity index (χ3v) is 3.54. The molecule has 20 heavy (non-hydrogen) atoms. The maximum atomic E-state index is 11.7. The van der Waals surface area contributed by atoms with Gasteiger partial charge >= 0.3 is 0 Å². The van der Waals surface area contributed by atoms with Gasteiger partial charge in [-0.25, -0.2) is 4.98 Å². The summed E-state index contributed by atoms with van der Waals surface area (Å²) in [6.45, 7) is 1.49. The summed E-state index contributed by atoms with van der Waals surface area (Å²) in [5.41, 5.74) is 1.10. The van der Waals surface area contributed by atoms with E-state index < -0.39 is 0 Å². The fraction of sp³-hybridized carbons (Fsp3) is 0.286. The number of hydrogen-bond acceptors (Lipinski definition) is 5. The minimum absolute atomic E-state index is 0.102. The molecule has 2 N–H and O–H groups in total. The Labute approximate surface area is 122 Å². The number of carbonyl (C=O) groups excluding carboxylic acids is 1. The number of benzene rings is 1. The highest BCUT2D eigenvalue weighted by molar-refractivity contribution is 7.19. The number of nitrogens with zero attached hydrogens (tertiary/aromatic N) is 1. The maximum Gasteiger partial charge on any atom is 0.240 e. The van der Waals surface area contributed by atoms with E-state index in [2.05, 4.69) is 15.6 Å². The summed E-state index contributed by atoms with van der Waals surface area (Å²) < 4.78 is 4.89. The van der Waals surface area contributed by atoms with E-state index in [1.807, 2.05) is 30.3 Å². The van der Waals surface area contributed by atoms with E-state index in [9.17, 15) is 4.79 Å². The van der Waals surface area contributed by atoms with Crippen molar-refractivity contribution in [3.05, 3.63) is 36.5 Å². The molecule has 2 aromatic rings. The molecule has 6 heteroatoms. The lowest BCUT2D eigenvalue weighted by Crippen LogP contribution is -2.30. The molecule has 0 aliphatic rings. The highest BCUT2D eigenvalue weighted by Crippen LogP contribution is 2.28. The van der Waals surface area contributed by atoms with Crippen molar-refractivity contribution in [1.29, 1.82) is 0 Å². The lowest BCUT2D eigenvalue weighted by atomic mass is 10.2. The number of rotatable bonds is 7. The molecule has 1 aromatic carbocycles. The fourth-order valence-electron chi connectivity index (χ4n) is 1.61. The number of carbonyl (C=O) groups is 1. The Kier molecular flexibility index (Phi) is 5.67. The Hall–Kier alpha value is -1.76. The number of aromatic nitrogens is 1. The van der Waals surface area contributed by atoms with Crippen LogP contribution in [0.2, 0.25) is 0 Å². The highest BCUT2D eigenvalue weighted by atomic mass is 32.1. The largest absolute Gasteiger partial charge is 0.383 e. The molecule has 0 radical (unpaired) electrons. The van der Waals surface area contributed by atoms with Crippen molar-refractivity contribution < 1.29 is 9.53 Å². The third-order valence-electron chi connectivity index (χ3n) is 2.58. The van der Waals surface area contributed by atoms with E-state index in [1.165, 1.54) is 11.3 Å². The van der Waals surface area contributed by atoms with Crippen LogP contribution in [0.3, 0.4) is 0 Å². The first kappa shape index (κ1) is 14.6. The van der Waals surface area contributed by atoms with Crippen LogP contribution in [0.5, 0.6) is 0 Å². The van der Waals surface area contributed by atoms with Crippen molar-refractivity contribution in [1.82, 2.24) is 10.3 Å². The number of amides is 1. The first-order valence-electron chi connectivity index (χ1n) is 6.30. The van der Waals surface area contributed by atoms with Crippen LogP contribution in [0, 0.1) is 0 Å². The first-order valence-corrected chi connectivity index (χ1v) is 7.12. The van der Waals surface area contributed by atoms with E-state index in [1.54, 1.807) is 13.3 Å². The summed E-state index contributed by atoms with van der Waals surface area (Å²) in [5.74, 6) is -0.102. The summed E-state index contributed by atoms with van der Waals surface area (Å²) in [6, 6.07) is 9.97. The SMILES string of the molecule is COCCNCC(=O)Nc1ncc(-c2ccccc2)s1. The molecular weight excluding hydrogens is 274 g/mol. The van der Waals surface area contributed by atoms with Gasteiger partial charge in [-0.3, -0.25) is 4.79 Å². The van der Waals surface area contributed by atoms with Crippen molar-refractivity contribution >= 4 is 22.4 Å². The van der Waals surface area contributed by atoms with Crippen molar-refractivity contribution in [3.8, 4) is 10.4 Å². The minimum atomic E-state index is -0.102. The Morgan fingerprint density at radius 2 is 2.15 bits per heavy atom. The Morgan fingerprint density at radius 3 is 2.90 bits per heavy atom. The van der Waals surface area contributed by atoms with E-state index in [4.69, 9.17) is 4.74 Å². The molecule has 0 aliphatic heterocycles. The van der Waals surface area contributed by atoms with E-state index in [0.29, 0.717) is 18.3 Å². The van der Waals surface area contributed by atoms with Gasteiger partial charge in [0.15, 0.2) is 5.13 Å². The third kappa shape index (κ3) is 4.41. The highest BCUT2D eigenvalue weighted by Gasteiger charge is 2.07. The summed E-state index contributed by atoms with van der Waals surface area (Å²) in [6.07, 6.45) is 1.77. The summed E-state index contributed by atoms with van der Waals surface area (Å²) in [7, 11) is 1.63. The van der Waals surface area contributed by atoms with Crippen LogP contribution >= 0.6 is 11.3 Å². The van der Waals surface area contributed by atoms with Gasteiger partial charge in [-0.05, 0) is 5.56 Å². The van der Waals surface area contributed by atoms with Gasteiger partial charge in [0.25, 0.3) is 0 Å². The number of methoxy groups -OCH3 is 1. The molecule has 0 saturated carbocycles. The van der Waals surface area contributed by atoms with Crippen LogP contribution in [-0.4, -0.2) is 37.7 Å². The van der Waals surface area contributed by atoms with Crippen molar-refractivity contribution in [2.75, 3.05) is 32.1 Å². The van der Waals surface area contributed by atoms with Crippen LogP contribution in [-0.2, 0) is 9.53 Å². The standard InChI is InChI=1S/C14H17N3O2S/c1-19-8-7-15-10-13(18)17-14-16-9-12(20-14)11-5-3-2-4-6-11/h2-6,9,15H,7-8,10H2,1H3,(H,16,17,18). The van der Waals surface area contributed by atoms with Gasteiger partial charge in [-0.1, -0.05) is 41.7 Å². The second kappa shape index (κ2) is 7.74. The Bertz CT molecular complexity index is 542. The van der Waals surface area contributed by atoms with Crippen LogP contribution in [0.15, 0.2) is 36.5 Å². The van der Waals surface area contributed by atoms with Crippen molar-refractivity contribution in [3.63, 3.8) is 0 Å². The smallest absolute Gasteiger partial charge is 0.240 e. The zero-order chi connectivity index (χ0) is 14.2. The second-order valence-corrected chi connectivity index (χ2v) is 5.14.